The summed E-state index contributed by atoms with van der Waals surface area (Å²) in [5.41, 5.74) is 0.294. The van der Waals surface area contributed by atoms with E-state index in [2.05, 4.69) is 4.74 Å². The van der Waals surface area contributed by atoms with Gasteiger partial charge >= 0.3 is 11.9 Å². The fraction of sp³-hybridized carbons (Fsp3) is 0.120. The number of rotatable bonds is 8. The van der Waals surface area contributed by atoms with E-state index >= 15 is 0 Å². The molecule has 4 rings (SSSR count). The summed E-state index contributed by atoms with van der Waals surface area (Å²) in [7, 11) is 2.77. The van der Waals surface area contributed by atoms with Crippen molar-refractivity contribution in [1.29, 1.82) is 0 Å². The van der Waals surface area contributed by atoms with Gasteiger partial charge in [-0.25, -0.2) is 9.59 Å². The molecule has 9 nitrogen and oxygen atoms in total. The SMILES string of the molecule is COC(=O)/C=C/c1cc(OC)ccc1Oc1cccc(Oc2ccc3c(c2)OCO3)c1C(=O)O. The van der Waals surface area contributed by atoms with Crippen LogP contribution >= 0.6 is 0 Å². The van der Waals surface area contributed by atoms with Crippen LogP contribution in [0.4, 0.5) is 0 Å². The summed E-state index contributed by atoms with van der Waals surface area (Å²) in [6.45, 7) is 0.108. The lowest BCUT2D eigenvalue weighted by molar-refractivity contribution is -0.134. The topological polar surface area (TPSA) is 110 Å². The zero-order valence-electron chi connectivity index (χ0n) is 18.3. The average molecular weight is 464 g/mol. The van der Waals surface area contributed by atoms with Crippen LogP contribution in [-0.2, 0) is 9.53 Å². The molecule has 1 aliphatic rings. The second kappa shape index (κ2) is 9.86. The molecule has 1 heterocycles. The van der Waals surface area contributed by atoms with Crippen LogP contribution in [0.2, 0.25) is 0 Å². The van der Waals surface area contributed by atoms with Crippen molar-refractivity contribution in [3.63, 3.8) is 0 Å². The monoisotopic (exact) mass is 464 g/mol. The van der Waals surface area contributed by atoms with Gasteiger partial charge < -0.3 is 33.5 Å². The lowest BCUT2D eigenvalue weighted by atomic mass is 10.1. The Morgan fingerprint density at radius 1 is 0.882 bits per heavy atom. The number of aromatic carboxylic acids is 1. The molecular weight excluding hydrogens is 444 g/mol. The van der Waals surface area contributed by atoms with E-state index in [0.717, 1.165) is 0 Å². The number of fused-ring (bicyclic) bond motifs is 1. The van der Waals surface area contributed by atoms with Crippen molar-refractivity contribution < 1.29 is 43.1 Å². The van der Waals surface area contributed by atoms with E-state index in [-0.39, 0.29) is 23.9 Å². The van der Waals surface area contributed by atoms with E-state index in [9.17, 15) is 14.7 Å². The number of hydrogen-bond donors (Lipinski definition) is 1. The van der Waals surface area contributed by atoms with Gasteiger partial charge in [0.05, 0.1) is 14.2 Å². The highest BCUT2D eigenvalue weighted by atomic mass is 16.7. The molecule has 0 amide bonds. The van der Waals surface area contributed by atoms with Crippen LogP contribution in [0.15, 0.2) is 60.7 Å². The number of carbonyl (C=O) groups is 2. The number of esters is 1. The molecule has 0 aliphatic carbocycles. The van der Waals surface area contributed by atoms with Crippen molar-refractivity contribution in [2.45, 2.75) is 0 Å². The third-order valence-corrected chi connectivity index (χ3v) is 4.81. The Morgan fingerprint density at radius 3 is 2.35 bits per heavy atom. The molecule has 0 saturated carbocycles. The Morgan fingerprint density at radius 2 is 1.62 bits per heavy atom. The molecule has 0 atom stereocenters. The molecule has 0 saturated heterocycles. The number of carboxylic acids is 1. The molecule has 0 radical (unpaired) electrons. The van der Waals surface area contributed by atoms with Gasteiger partial charge in [0.25, 0.3) is 0 Å². The Bertz CT molecular complexity index is 1260. The normalized spacial score (nSPS) is 11.8. The fourth-order valence-electron chi connectivity index (χ4n) is 3.18. The van der Waals surface area contributed by atoms with Crippen LogP contribution in [0, 0.1) is 0 Å². The number of hydrogen-bond acceptors (Lipinski definition) is 8. The maximum Gasteiger partial charge on any atom is 0.343 e. The van der Waals surface area contributed by atoms with Crippen molar-refractivity contribution in [3.8, 4) is 40.2 Å². The first-order chi connectivity index (χ1) is 16.5. The Labute approximate surface area is 194 Å². The van der Waals surface area contributed by atoms with Crippen LogP contribution in [0.1, 0.15) is 15.9 Å². The van der Waals surface area contributed by atoms with Crippen LogP contribution in [0.3, 0.4) is 0 Å². The molecule has 9 heteroatoms. The summed E-state index contributed by atoms with van der Waals surface area (Å²) in [5, 5.41) is 9.92. The second-order valence-electron chi connectivity index (χ2n) is 6.91. The van der Waals surface area contributed by atoms with Crippen molar-refractivity contribution in [1.82, 2.24) is 0 Å². The van der Waals surface area contributed by atoms with Gasteiger partial charge in [0.2, 0.25) is 6.79 Å². The maximum atomic E-state index is 12.1. The fourth-order valence-corrected chi connectivity index (χ4v) is 3.18. The van der Waals surface area contributed by atoms with E-state index < -0.39 is 11.9 Å². The third kappa shape index (κ3) is 4.88. The summed E-state index contributed by atoms with van der Waals surface area (Å²) in [4.78, 5) is 23.7. The molecule has 3 aromatic carbocycles. The molecule has 1 aliphatic heterocycles. The maximum absolute atomic E-state index is 12.1. The van der Waals surface area contributed by atoms with Gasteiger partial charge in [0.15, 0.2) is 11.5 Å². The highest BCUT2D eigenvalue weighted by molar-refractivity contribution is 5.94. The van der Waals surface area contributed by atoms with Crippen LogP contribution in [-0.4, -0.2) is 38.1 Å². The van der Waals surface area contributed by atoms with Gasteiger partial charge in [-0.05, 0) is 48.5 Å². The highest BCUT2D eigenvalue weighted by Crippen LogP contribution is 2.40. The lowest BCUT2D eigenvalue weighted by Crippen LogP contribution is -2.04. The van der Waals surface area contributed by atoms with Crippen LogP contribution in [0.25, 0.3) is 6.08 Å². The average Bonchev–Trinajstić information content (AvgIpc) is 3.31. The van der Waals surface area contributed by atoms with Gasteiger partial charge in [-0.15, -0.1) is 0 Å². The summed E-state index contributed by atoms with van der Waals surface area (Å²) < 4.78 is 32.3. The van der Waals surface area contributed by atoms with Gasteiger partial charge in [-0.2, -0.15) is 0 Å². The predicted molar refractivity (Wildman–Crippen MR) is 120 cm³/mol. The zero-order valence-corrected chi connectivity index (χ0v) is 18.3. The third-order valence-electron chi connectivity index (χ3n) is 4.81. The van der Waals surface area contributed by atoms with Crippen molar-refractivity contribution in [2.24, 2.45) is 0 Å². The first-order valence-corrected chi connectivity index (χ1v) is 10.0. The van der Waals surface area contributed by atoms with Gasteiger partial charge in [0, 0.05) is 17.7 Å². The molecule has 0 fully saturated rings. The zero-order chi connectivity index (χ0) is 24.1. The number of ether oxygens (including phenoxy) is 6. The number of methoxy groups -OCH3 is 2. The van der Waals surface area contributed by atoms with Gasteiger partial charge in [-0.1, -0.05) is 6.07 Å². The van der Waals surface area contributed by atoms with Gasteiger partial charge in [-0.3, -0.25) is 0 Å². The Balaban J connectivity index is 1.68. The largest absolute Gasteiger partial charge is 0.497 e. The first-order valence-electron chi connectivity index (χ1n) is 10.0. The standard InChI is InChI=1S/C25H20O9/c1-29-16-7-9-18(15(12-16)6-11-23(26)30-2)34-21-5-3-4-20(24(21)25(27)28)33-17-8-10-19-22(13-17)32-14-31-19/h3-13H,14H2,1-2H3,(H,27,28)/b11-6+. The molecule has 1 N–H and O–H groups in total. The summed E-state index contributed by atoms with van der Waals surface area (Å²) >= 11 is 0. The summed E-state index contributed by atoms with van der Waals surface area (Å²) in [6, 6.07) is 14.5. The van der Waals surface area contributed by atoms with E-state index in [0.29, 0.717) is 34.3 Å². The molecule has 34 heavy (non-hydrogen) atoms. The van der Waals surface area contributed by atoms with Crippen LogP contribution < -0.4 is 23.7 Å². The Hall–Kier alpha value is -4.66. The Kier molecular flexibility index (Phi) is 6.54. The molecular formula is C25H20O9. The smallest absolute Gasteiger partial charge is 0.343 e. The van der Waals surface area contributed by atoms with Crippen molar-refractivity contribution >= 4 is 18.0 Å². The number of benzene rings is 3. The lowest BCUT2D eigenvalue weighted by Gasteiger charge is -2.15. The number of carboxylic acid groups (broad SMARTS) is 1. The molecule has 0 aromatic heterocycles. The van der Waals surface area contributed by atoms with Gasteiger partial charge in [0.1, 0.15) is 34.3 Å². The molecule has 3 aromatic rings. The van der Waals surface area contributed by atoms with E-state index in [1.165, 1.54) is 38.5 Å². The molecule has 0 bridgehead atoms. The highest BCUT2D eigenvalue weighted by Gasteiger charge is 2.21. The van der Waals surface area contributed by atoms with E-state index in [4.69, 9.17) is 23.7 Å². The minimum atomic E-state index is -1.24. The number of carbonyl (C=O) groups excluding carboxylic acids is 1. The summed E-state index contributed by atoms with van der Waals surface area (Å²) in [6.07, 6.45) is 2.70. The molecule has 0 unspecified atom stereocenters. The quantitative estimate of drug-likeness (QED) is 0.368. The van der Waals surface area contributed by atoms with Crippen LogP contribution in [0.5, 0.6) is 40.2 Å². The van der Waals surface area contributed by atoms with E-state index in [1.807, 2.05) is 0 Å². The summed E-state index contributed by atoms with van der Waals surface area (Å²) in [5.74, 6) is 0.587. The minimum Gasteiger partial charge on any atom is -0.497 e. The first kappa shape index (κ1) is 22.5. The second-order valence-corrected chi connectivity index (χ2v) is 6.91. The minimum absolute atomic E-state index is 0.0450. The molecule has 174 valence electrons. The van der Waals surface area contributed by atoms with Crippen molar-refractivity contribution in [2.75, 3.05) is 21.0 Å². The van der Waals surface area contributed by atoms with E-state index in [1.54, 1.807) is 42.5 Å². The molecule has 0 spiro atoms. The predicted octanol–water partition coefficient (Wildman–Crippen LogP) is 4.89. The van der Waals surface area contributed by atoms with Crippen molar-refractivity contribution in [3.05, 3.63) is 71.8 Å².